The predicted molar refractivity (Wildman–Crippen MR) is 73.7 cm³/mol. The molecule has 0 unspecified atom stereocenters. The number of ether oxygens (including phenoxy) is 3. The van der Waals surface area contributed by atoms with Gasteiger partial charge in [-0.05, 0) is 13.8 Å². The molecule has 0 aliphatic heterocycles. The third-order valence-corrected chi connectivity index (χ3v) is 1.63. The first-order chi connectivity index (χ1) is 9.54. The number of hydrogen-bond donors (Lipinski definition) is 3. The quantitative estimate of drug-likeness (QED) is 0.365. The van der Waals surface area contributed by atoms with Crippen molar-refractivity contribution in [3.05, 3.63) is 11.6 Å². The monoisotopic (exact) mass is 294 g/mol. The topological polar surface area (TPSA) is 105 Å². The third kappa shape index (κ3) is 25.8. The first-order valence-corrected chi connectivity index (χ1v) is 6.37. The third-order valence-electron chi connectivity index (χ3n) is 1.63. The van der Waals surface area contributed by atoms with Gasteiger partial charge in [0.1, 0.15) is 0 Å². The lowest BCUT2D eigenvalue weighted by atomic mass is 10.3. The van der Waals surface area contributed by atoms with Gasteiger partial charge in [-0.25, -0.2) is 4.79 Å². The standard InChI is InChI=1S/C8H18O5.C5H8O2/c9-1-3-11-5-7-13-8-6-12-4-2-10;1-4(2)3-5(6)7/h9-10H,1-8H2;3H,1-2H3,(H,6,7). The van der Waals surface area contributed by atoms with Gasteiger partial charge >= 0.3 is 5.97 Å². The predicted octanol–water partition coefficient (Wildman–Crippen LogP) is 0.0580. The van der Waals surface area contributed by atoms with Crippen molar-refractivity contribution >= 4 is 5.97 Å². The fourth-order valence-electron chi connectivity index (χ4n) is 0.918. The summed E-state index contributed by atoms with van der Waals surface area (Å²) in [6.45, 7) is 6.25. The number of aliphatic carboxylic acids is 1. The van der Waals surface area contributed by atoms with Crippen molar-refractivity contribution in [2.24, 2.45) is 0 Å². The SMILES string of the molecule is CC(C)=CC(=O)O.OCCOCCOCCOCCO. The molecule has 0 aromatic carbocycles. The Kier molecular flexibility index (Phi) is 19.2. The summed E-state index contributed by atoms with van der Waals surface area (Å²) in [5, 5.41) is 24.7. The van der Waals surface area contributed by atoms with E-state index in [4.69, 9.17) is 29.5 Å². The molecule has 0 amide bonds. The van der Waals surface area contributed by atoms with Crippen molar-refractivity contribution in [3.63, 3.8) is 0 Å². The molecule has 7 heteroatoms. The molecule has 20 heavy (non-hydrogen) atoms. The summed E-state index contributed by atoms with van der Waals surface area (Å²) in [5.41, 5.74) is 0.813. The van der Waals surface area contributed by atoms with Crippen LogP contribution in [0.4, 0.5) is 0 Å². The first kappa shape index (κ1) is 21.3. The largest absolute Gasteiger partial charge is 0.478 e. The number of carboxylic acid groups (broad SMARTS) is 1. The maximum Gasteiger partial charge on any atom is 0.328 e. The van der Waals surface area contributed by atoms with Gasteiger partial charge < -0.3 is 29.5 Å². The Morgan fingerprint density at radius 3 is 1.40 bits per heavy atom. The fourth-order valence-corrected chi connectivity index (χ4v) is 0.918. The smallest absolute Gasteiger partial charge is 0.328 e. The van der Waals surface area contributed by atoms with E-state index in [1.165, 1.54) is 6.08 Å². The van der Waals surface area contributed by atoms with Gasteiger partial charge in [-0.1, -0.05) is 5.57 Å². The van der Waals surface area contributed by atoms with Crippen LogP contribution in [0.5, 0.6) is 0 Å². The maximum atomic E-state index is 9.73. The van der Waals surface area contributed by atoms with Gasteiger partial charge in [0, 0.05) is 6.08 Å². The molecule has 0 fully saturated rings. The van der Waals surface area contributed by atoms with E-state index in [0.717, 1.165) is 5.57 Å². The van der Waals surface area contributed by atoms with Crippen LogP contribution in [0.1, 0.15) is 13.8 Å². The van der Waals surface area contributed by atoms with E-state index in [0.29, 0.717) is 39.6 Å². The van der Waals surface area contributed by atoms with Crippen molar-refractivity contribution in [3.8, 4) is 0 Å². The van der Waals surface area contributed by atoms with E-state index in [-0.39, 0.29) is 13.2 Å². The molecule has 0 bridgehead atoms. The highest BCUT2D eigenvalue weighted by Gasteiger charge is 1.90. The zero-order valence-corrected chi connectivity index (χ0v) is 12.2. The summed E-state index contributed by atoms with van der Waals surface area (Å²) in [7, 11) is 0. The number of carbonyl (C=O) groups is 1. The summed E-state index contributed by atoms with van der Waals surface area (Å²) >= 11 is 0. The highest BCUT2D eigenvalue weighted by Crippen LogP contribution is 1.85. The summed E-state index contributed by atoms with van der Waals surface area (Å²) in [5.74, 6) is -0.875. The van der Waals surface area contributed by atoms with E-state index >= 15 is 0 Å². The van der Waals surface area contributed by atoms with Crippen LogP contribution in [-0.2, 0) is 19.0 Å². The lowest BCUT2D eigenvalue weighted by Gasteiger charge is -2.04. The minimum absolute atomic E-state index is 0.0413. The highest BCUT2D eigenvalue weighted by atomic mass is 16.5. The Morgan fingerprint density at radius 2 is 1.20 bits per heavy atom. The van der Waals surface area contributed by atoms with Gasteiger partial charge in [0.15, 0.2) is 0 Å². The van der Waals surface area contributed by atoms with Crippen molar-refractivity contribution < 1.29 is 34.3 Å². The van der Waals surface area contributed by atoms with E-state index < -0.39 is 5.97 Å². The number of allylic oxidation sites excluding steroid dienone is 1. The average molecular weight is 294 g/mol. The highest BCUT2D eigenvalue weighted by molar-refractivity contribution is 5.80. The van der Waals surface area contributed by atoms with E-state index in [1.54, 1.807) is 13.8 Å². The lowest BCUT2D eigenvalue weighted by molar-refractivity contribution is -0.131. The molecule has 0 heterocycles. The van der Waals surface area contributed by atoms with Crippen LogP contribution in [0.25, 0.3) is 0 Å². The average Bonchev–Trinajstić information content (AvgIpc) is 2.36. The number of rotatable bonds is 11. The van der Waals surface area contributed by atoms with E-state index in [2.05, 4.69) is 0 Å². The van der Waals surface area contributed by atoms with Crippen LogP contribution in [0.3, 0.4) is 0 Å². The number of carboxylic acids is 1. The van der Waals surface area contributed by atoms with Crippen molar-refractivity contribution in [2.45, 2.75) is 13.8 Å². The molecule has 0 aliphatic carbocycles. The number of aliphatic hydroxyl groups excluding tert-OH is 2. The molecule has 0 aromatic rings. The molecule has 0 aliphatic rings. The van der Waals surface area contributed by atoms with Crippen LogP contribution in [0.2, 0.25) is 0 Å². The normalized spacial score (nSPS) is 9.60. The second-order valence-corrected chi connectivity index (χ2v) is 3.84. The molecule has 3 N–H and O–H groups in total. The van der Waals surface area contributed by atoms with Gasteiger partial charge in [-0.3, -0.25) is 0 Å². The summed E-state index contributed by atoms with van der Waals surface area (Å²) in [6.07, 6.45) is 1.17. The number of hydrogen-bond acceptors (Lipinski definition) is 6. The van der Waals surface area contributed by atoms with Crippen LogP contribution in [0, 0.1) is 0 Å². The van der Waals surface area contributed by atoms with Gasteiger partial charge in [-0.15, -0.1) is 0 Å². The van der Waals surface area contributed by atoms with Crippen LogP contribution in [0.15, 0.2) is 11.6 Å². The van der Waals surface area contributed by atoms with Gasteiger partial charge in [0.05, 0.1) is 52.9 Å². The Bertz CT molecular complexity index is 227. The van der Waals surface area contributed by atoms with Gasteiger partial charge in [-0.2, -0.15) is 0 Å². The Morgan fingerprint density at radius 1 is 0.850 bits per heavy atom. The fraction of sp³-hybridized carbons (Fsp3) is 0.769. The summed E-state index contributed by atoms with van der Waals surface area (Å²) in [6, 6.07) is 0. The van der Waals surface area contributed by atoms with Gasteiger partial charge in [0.25, 0.3) is 0 Å². The van der Waals surface area contributed by atoms with Crippen molar-refractivity contribution in [2.75, 3.05) is 52.9 Å². The molecular weight excluding hydrogens is 268 g/mol. The van der Waals surface area contributed by atoms with Crippen LogP contribution >= 0.6 is 0 Å². The first-order valence-electron chi connectivity index (χ1n) is 6.37. The van der Waals surface area contributed by atoms with Crippen LogP contribution in [-0.4, -0.2) is 74.1 Å². The van der Waals surface area contributed by atoms with Crippen LogP contribution < -0.4 is 0 Å². The van der Waals surface area contributed by atoms with Crippen molar-refractivity contribution in [1.29, 1.82) is 0 Å². The zero-order chi connectivity index (χ0) is 15.6. The molecule has 0 rings (SSSR count). The Balaban J connectivity index is 0. The van der Waals surface area contributed by atoms with Crippen molar-refractivity contribution in [1.82, 2.24) is 0 Å². The molecule has 0 spiro atoms. The molecule has 0 aromatic heterocycles. The molecule has 0 saturated heterocycles. The molecule has 0 atom stereocenters. The molecule has 7 nitrogen and oxygen atoms in total. The molecule has 120 valence electrons. The lowest BCUT2D eigenvalue weighted by Crippen LogP contribution is -2.11. The Labute approximate surface area is 119 Å². The second kappa shape index (κ2) is 18.0. The maximum absolute atomic E-state index is 9.73. The van der Waals surface area contributed by atoms with Gasteiger partial charge in [0.2, 0.25) is 0 Å². The Hall–Kier alpha value is -0.990. The summed E-state index contributed by atoms with van der Waals surface area (Å²) in [4.78, 5) is 9.73. The second-order valence-electron chi connectivity index (χ2n) is 3.84. The molecule has 0 radical (unpaired) electrons. The van der Waals surface area contributed by atoms with E-state index in [9.17, 15) is 4.79 Å². The minimum Gasteiger partial charge on any atom is -0.478 e. The zero-order valence-electron chi connectivity index (χ0n) is 12.2. The molecule has 0 saturated carbocycles. The summed E-state index contributed by atoms with van der Waals surface area (Å²) < 4.78 is 15.0. The van der Waals surface area contributed by atoms with E-state index in [1.807, 2.05) is 0 Å². The number of aliphatic hydroxyl groups is 2. The molecular formula is C13H26O7. The minimum atomic E-state index is -0.875.